The molecule has 0 bridgehead atoms. The Balaban J connectivity index is 1.42. The minimum Gasteiger partial charge on any atom is -0.335 e. The van der Waals surface area contributed by atoms with E-state index in [9.17, 15) is 9.59 Å². The van der Waals surface area contributed by atoms with E-state index in [1.54, 1.807) is 29.2 Å². The van der Waals surface area contributed by atoms with Crippen LogP contribution in [0.1, 0.15) is 28.5 Å². The Morgan fingerprint density at radius 1 is 1.18 bits per heavy atom. The largest absolute Gasteiger partial charge is 0.335 e. The molecule has 1 aliphatic rings. The third-order valence-electron chi connectivity index (χ3n) is 4.66. The molecule has 0 saturated carbocycles. The zero-order valence-corrected chi connectivity index (χ0v) is 15.4. The molecule has 0 radical (unpaired) electrons. The van der Waals surface area contributed by atoms with Gasteiger partial charge in [-0.2, -0.15) is 5.10 Å². The minimum atomic E-state index is -0.320. The van der Waals surface area contributed by atoms with Crippen molar-refractivity contribution in [1.82, 2.24) is 20.1 Å². The summed E-state index contributed by atoms with van der Waals surface area (Å²) in [6, 6.07) is 12.8. The van der Waals surface area contributed by atoms with Crippen LogP contribution in [0, 0.1) is 0 Å². The average molecular weight is 376 g/mol. The molecular weight excluding hydrogens is 356 g/mol. The fourth-order valence-corrected chi connectivity index (χ4v) is 3.20. The predicted molar refractivity (Wildman–Crippen MR) is 105 cm³/mol. The fraction of sp³-hybridized carbons (Fsp3) is 0.200. The Bertz CT molecular complexity index is 984. The van der Waals surface area contributed by atoms with Crippen LogP contribution in [0.4, 0.5) is 11.5 Å². The molecule has 1 aliphatic heterocycles. The van der Waals surface area contributed by atoms with Gasteiger partial charge >= 0.3 is 0 Å². The summed E-state index contributed by atoms with van der Waals surface area (Å²) in [6.45, 7) is 0.530. The van der Waals surface area contributed by atoms with Gasteiger partial charge in [-0.1, -0.05) is 12.1 Å². The Morgan fingerprint density at radius 2 is 2.00 bits per heavy atom. The first-order valence-electron chi connectivity index (χ1n) is 8.98. The smallest absolute Gasteiger partial charge is 0.256 e. The van der Waals surface area contributed by atoms with Crippen LogP contribution in [0.15, 0.2) is 61.1 Å². The number of carbonyl (C=O) groups is 2. The second kappa shape index (κ2) is 7.51. The highest BCUT2D eigenvalue weighted by Crippen LogP contribution is 2.30. The van der Waals surface area contributed by atoms with Gasteiger partial charge in [0.1, 0.15) is 12.0 Å². The number of carbonyl (C=O) groups excluding carboxylic acids is 2. The Hall–Kier alpha value is -3.68. The zero-order valence-electron chi connectivity index (χ0n) is 15.4. The van der Waals surface area contributed by atoms with Gasteiger partial charge < -0.3 is 15.5 Å². The molecule has 0 spiro atoms. The van der Waals surface area contributed by atoms with Crippen molar-refractivity contribution in [2.45, 2.75) is 19.1 Å². The summed E-state index contributed by atoms with van der Waals surface area (Å²) in [6.07, 6.45) is 5.20. The first-order chi connectivity index (χ1) is 13.6. The molecule has 2 amide bonds. The summed E-state index contributed by atoms with van der Waals surface area (Å²) in [7, 11) is 1.89. The molecule has 2 aromatic heterocycles. The Labute approximate surface area is 162 Å². The number of nitrogens with zero attached hydrogens (tertiary/aromatic N) is 4. The van der Waals surface area contributed by atoms with E-state index in [0.29, 0.717) is 30.0 Å². The van der Waals surface area contributed by atoms with E-state index in [1.165, 1.54) is 0 Å². The molecule has 1 aromatic carbocycles. The lowest BCUT2D eigenvalue weighted by Crippen LogP contribution is -2.45. The van der Waals surface area contributed by atoms with Gasteiger partial charge in [-0.25, -0.2) is 4.98 Å². The monoisotopic (exact) mass is 376 g/mol. The summed E-state index contributed by atoms with van der Waals surface area (Å²) in [5.74, 6) is 0.416. The van der Waals surface area contributed by atoms with Crippen LogP contribution in [0.3, 0.4) is 0 Å². The number of amides is 2. The van der Waals surface area contributed by atoms with Gasteiger partial charge in [-0.3, -0.25) is 14.3 Å². The molecule has 0 aliphatic carbocycles. The van der Waals surface area contributed by atoms with Crippen molar-refractivity contribution in [1.29, 1.82) is 0 Å². The van der Waals surface area contributed by atoms with Crippen LogP contribution < -0.4 is 15.5 Å². The normalized spacial score (nSPS) is 15.7. The number of anilines is 2. The van der Waals surface area contributed by atoms with Crippen molar-refractivity contribution in [2.75, 3.05) is 17.3 Å². The van der Waals surface area contributed by atoms with Crippen LogP contribution in [0.25, 0.3) is 0 Å². The van der Waals surface area contributed by atoms with Crippen LogP contribution in [0.5, 0.6) is 0 Å². The van der Waals surface area contributed by atoms with E-state index >= 15 is 0 Å². The minimum absolute atomic E-state index is 0.0792. The number of rotatable bonds is 5. The van der Waals surface area contributed by atoms with Crippen LogP contribution in [-0.2, 0) is 11.3 Å². The van der Waals surface area contributed by atoms with Crippen molar-refractivity contribution >= 4 is 23.3 Å². The maximum atomic E-state index is 12.4. The number of pyridine rings is 1. The molecule has 0 saturated heterocycles. The second-order valence-electron chi connectivity index (χ2n) is 6.55. The van der Waals surface area contributed by atoms with Crippen molar-refractivity contribution in [3.8, 4) is 0 Å². The molecule has 2 N–H and O–H groups in total. The van der Waals surface area contributed by atoms with Crippen molar-refractivity contribution in [3.63, 3.8) is 0 Å². The summed E-state index contributed by atoms with van der Waals surface area (Å²) in [5.41, 5.74) is 2.17. The van der Waals surface area contributed by atoms with Gasteiger partial charge in [-0.15, -0.1) is 0 Å². The maximum Gasteiger partial charge on any atom is 0.256 e. The van der Waals surface area contributed by atoms with Crippen molar-refractivity contribution < 1.29 is 9.59 Å². The number of fused-ring (bicyclic) bond motifs is 1. The molecule has 8 heteroatoms. The maximum absolute atomic E-state index is 12.4. The fourth-order valence-electron chi connectivity index (χ4n) is 3.20. The highest BCUT2D eigenvalue weighted by molar-refractivity contribution is 6.01. The molecule has 28 heavy (non-hydrogen) atoms. The van der Waals surface area contributed by atoms with E-state index in [2.05, 4.69) is 20.7 Å². The lowest BCUT2D eigenvalue weighted by Gasteiger charge is -2.35. The van der Waals surface area contributed by atoms with Gasteiger partial charge in [-0.05, 0) is 35.9 Å². The molecular formula is C20H20N6O2. The van der Waals surface area contributed by atoms with Crippen molar-refractivity contribution in [3.05, 3.63) is 72.2 Å². The number of aryl methyl sites for hydroxylation is 1. The summed E-state index contributed by atoms with van der Waals surface area (Å²) in [5, 5.41) is 9.94. The van der Waals surface area contributed by atoms with Gasteiger partial charge in [0.05, 0.1) is 5.56 Å². The first kappa shape index (κ1) is 17.7. The standard InChI is InChI=1S/C20H20N6O2/c1-25-18(24-20(28)16-4-2-10-21-19(16)25)14-5-7-15(8-6-14)23-17(27)9-13-26-12-3-11-22-26/h2-8,10-12,18H,9,13H2,1H3,(H,23,27)(H,24,28). The van der Waals surface area contributed by atoms with Gasteiger partial charge in [0.2, 0.25) is 5.91 Å². The van der Waals surface area contributed by atoms with Gasteiger partial charge in [0, 0.05) is 44.3 Å². The highest BCUT2D eigenvalue weighted by Gasteiger charge is 2.30. The Kier molecular flexibility index (Phi) is 4.76. The lowest BCUT2D eigenvalue weighted by atomic mass is 10.1. The highest BCUT2D eigenvalue weighted by atomic mass is 16.2. The molecule has 8 nitrogen and oxygen atoms in total. The first-order valence-corrected chi connectivity index (χ1v) is 8.98. The number of nitrogens with one attached hydrogen (secondary N) is 2. The SMILES string of the molecule is CN1c2ncccc2C(=O)NC1c1ccc(NC(=O)CCn2cccn2)cc1. The predicted octanol–water partition coefficient (Wildman–Crippen LogP) is 2.19. The van der Waals surface area contributed by atoms with Crippen LogP contribution in [0.2, 0.25) is 0 Å². The number of benzene rings is 1. The van der Waals surface area contributed by atoms with Crippen molar-refractivity contribution in [2.24, 2.45) is 0 Å². The van der Waals surface area contributed by atoms with E-state index in [1.807, 2.05) is 48.5 Å². The molecule has 3 heterocycles. The number of hydrogen-bond donors (Lipinski definition) is 2. The number of hydrogen-bond acceptors (Lipinski definition) is 5. The van der Waals surface area contributed by atoms with Crippen LogP contribution >= 0.6 is 0 Å². The van der Waals surface area contributed by atoms with E-state index in [-0.39, 0.29) is 18.0 Å². The third kappa shape index (κ3) is 3.57. The van der Waals surface area contributed by atoms with Crippen LogP contribution in [-0.4, -0.2) is 33.6 Å². The average Bonchev–Trinajstić information content (AvgIpc) is 3.24. The molecule has 3 aromatic rings. The second-order valence-corrected chi connectivity index (χ2v) is 6.55. The van der Waals surface area contributed by atoms with E-state index < -0.39 is 0 Å². The quantitative estimate of drug-likeness (QED) is 0.712. The number of aromatic nitrogens is 3. The third-order valence-corrected chi connectivity index (χ3v) is 4.66. The Morgan fingerprint density at radius 3 is 2.75 bits per heavy atom. The summed E-state index contributed by atoms with van der Waals surface area (Å²) >= 11 is 0. The summed E-state index contributed by atoms with van der Waals surface area (Å²) in [4.78, 5) is 30.7. The lowest BCUT2D eigenvalue weighted by molar-refractivity contribution is -0.116. The molecule has 4 rings (SSSR count). The molecule has 1 unspecified atom stereocenters. The van der Waals surface area contributed by atoms with Gasteiger partial charge in [0.15, 0.2) is 0 Å². The van der Waals surface area contributed by atoms with Gasteiger partial charge in [0.25, 0.3) is 5.91 Å². The molecule has 142 valence electrons. The molecule has 0 fully saturated rings. The molecule has 1 atom stereocenters. The summed E-state index contributed by atoms with van der Waals surface area (Å²) < 4.78 is 1.72. The van der Waals surface area contributed by atoms with E-state index in [4.69, 9.17) is 0 Å². The zero-order chi connectivity index (χ0) is 19.5. The van der Waals surface area contributed by atoms with E-state index in [0.717, 1.165) is 5.56 Å². The topological polar surface area (TPSA) is 92.2 Å².